The van der Waals surface area contributed by atoms with E-state index in [1.165, 1.54) is 29.7 Å². The van der Waals surface area contributed by atoms with E-state index in [9.17, 15) is 0 Å². The molecule has 0 saturated carbocycles. The Bertz CT molecular complexity index is 423. The van der Waals surface area contributed by atoms with Gasteiger partial charge in [0, 0.05) is 38.5 Å². The number of nitrogens with zero attached hydrogens (tertiary/aromatic N) is 1. The molecule has 0 aliphatic carbocycles. The van der Waals surface area contributed by atoms with Gasteiger partial charge in [-0.15, -0.1) is 0 Å². The third kappa shape index (κ3) is 3.97. The van der Waals surface area contributed by atoms with E-state index in [4.69, 9.17) is 10.5 Å². The molecule has 0 amide bonds. The maximum Gasteiger partial charge on any atom is 0.0491 e. The Morgan fingerprint density at radius 3 is 2.60 bits per heavy atom. The Hall–Kier alpha value is -1.06. The van der Waals surface area contributed by atoms with E-state index in [2.05, 4.69) is 36.9 Å². The number of rotatable bonds is 5. The van der Waals surface area contributed by atoms with Gasteiger partial charge in [0.25, 0.3) is 0 Å². The number of anilines is 1. The van der Waals surface area contributed by atoms with Gasteiger partial charge in [-0.1, -0.05) is 12.1 Å². The van der Waals surface area contributed by atoms with Crippen molar-refractivity contribution in [2.75, 3.05) is 31.7 Å². The van der Waals surface area contributed by atoms with Gasteiger partial charge in [-0.05, 0) is 56.2 Å². The fourth-order valence-corrected chi connectivity index (χ4v) is 3.15. The predicted octanol–water partition coefficient (Wildman–Crippen LogP) is 2.75. The second-order valence-electron chi connectivity index (χ2n) is 6.19. The van der Waals surface area contributed by atoms with E-state index < -0.39 is 0 Å². The zero-order valence-corrected chi connectivity index (χ0v) is 13.1. The van der Waals surface area contributed by atoms with Gasteiger partial charge in [0.1, 0.15) is 0 Å². The minimum absolute atomic E-state index is 0.227. The monoisotopic (exact) mass is 276 g/mol. The van der Waals surface area contributed by atoms with Crippen LogP contribution in [-0.4, -0.2) is 32.8 Å². The zero-order valence-electron chi connectivity index (χ0n) is 13.1. The molecule has 0 spiro atoms. The Kier molecular flexibility index (Phi) is 5.44. The molecule has 3 nitrogen and oxygen atoms in total. The molecule has 0 bridgehead atoms. The number of nitrogens with two attached hydrogens (primary N) is 1. The van der Waals surface area contributed by atoms with Gasteiger partial charge in [-0.25, -0.2) is 0 Å². The standard InChI is InChI=1S/C17H28N2O/c1-13-10-16(11-14(2)18)4-5-17(13)19-8-6-15(7-9-19)12-20-3/h4-5,10,14-15H,6-9,11-12,18H2,1-3H3. The van der Waals surface area contributed by atoms with Crippen molar-refractivity contribution in [1.29, 1.82) is 0 Å². The summed E-state index contributed by atoms with van der Waals surface area (Å²) in [6, 6.07) is 7.02. The lowest BCUT2D eigenvalue weighted by molar-refractivity contribution is 0.139. The smallest absolute Gasteiger partial charge is 0.0491 e. The average Bonchev–Trinajstić information content (AvgIpc) is 2.40. The summed E-state index contributed by atoms with van der Waals surface area (Å²) in [6.07, 6.45) is 3.42. The van der Waals surface area contributed by atoms with Crippen molar-refractivity contribution in [1.82, 2.24) is 0 Å². The first-order valence-electron chi connectivity index (χ1n) is 7.69. The normalized spacial score (nSPS) is 18.3. The zero-order chi connectivity index (χ0) is 14.5. The van der Waals surface area contributed by atoms with Gasteiger partial charge in [-0.3, -0.25) is 0 Å². The van der Waals surface area contributed by atoms with Crippen LogP contribution in [0.25, 0.3) is 0 Å². The van der Waals surface area contributed by atoms with Gasteiger partial charge in [0.2, 0.25) is 0 Å². The van der Waals surface area contributed by atoms with Crippen LogP contribution in [0.4, 0.5) is 5.69 Å². The SMILES string of the molecule is COCC1CCN(c2ccc(CC(C)N)cc2C)CC1. The van der Waals surface area contributed by atoms with E-state index in [1.807, 2.05) is 0 Å². The lowest BCUT2D eigenvalue weighted by Crippen LogP contribution is -2.35. The first-order valence-corrected chi connectivity index (χ1v) is 7.69. The Labute approximate surface area is 123 Å². The molecular formula is C17H28N2O. The van der Waals surface area contributed by atoms with Crippen LogP contribution >= 0.6 is 0 Å². The lowest BCUT2D eigenvalue weighted by atomic mass is 9.96. The van der Waals surface area contributed by atoms with Crippen molar-refractivity contribution in [3.63, 3.8) is 0 Å². The summed E-state index contributed by atoms with van der Waals surface area (Å²) >= 11 is 0. The highest BCUT2D eigenvalue weighted by Gasteiger charge is 2.20. The van der Waals surface area contributed by atoms with E-state index in [1.54, 1.807) is 7.11 Å². The van der Waals surface area contributed by atoms with Crippen molar-refractivity contribution in [2.24, 2.45) is 11.7 Å². The highest BCUT2D eigenvalue weighted by molar-refractivity contribution is 5.54. The van der Waals surface area contributed by atoms with E-state index in [0.717, 1.165) is 32.0 Å². The number of methoxy groups -OCH3 is 1. The molecule has 0 aromatic heterocycles. The summed E-state index contributed by atoms with van der Waals surface area (Å²) in [5, 5.41) is 0. The number of hydrogen-bond donors (Lipinski definition) is 1. The second kappa shape index (κ2) is 7.09. The first kappa shape index (κ1) is 15.3. The maximum absolute atomic E-state index is 5.88. The molecule has 2 rings (SSSR count). The molecule has 1 atom stereocenters. The molecule has 1 heterocycles. The molecule has 1 aromatic rings. The van der Waals surface area contributed by atoms with E-state index >= 15 is 0 Å². The molecule has 1 aliphatic heterocycles. The van der Waals surface area contributed by atoms with Crippen LogP contribution < -0.4 is 10.6 Å². The first-order chi connectivity index (χ1) is 9.60. The van der Waals surface area contributed by atoms with Crippen molar-refractivity contribution >= 4 is 5.69 Å². The molecule has 1 fully saturated rings. The maximum atomic E-state index is 5.88. The van der Waals surface area contributed by atoms with Crippen LogP contribution in [0.2, 0.25) is 0 Å². The largest absolute Gasteiger partial charge is 0.384 e. The number of benzene rings is 1. The average molecular weight is 276 g/mol. The number of hydrogen-bond acceptors (Lipinski definition) is 3. The minimum Gasteiger partial charge on any atom is -0.384 e. The van der Waals surface area contributed by atoms with Crippen LogP contribution in [0, 0.1) is 12.8 Å². The fraction of sp³-hybridized carbons (Fsp3) is 0.647. The Balaban J connectivity index is 1.99. The highest BCUT2D eigenvalue weighted by atomic mass is 16.5. The van der Waals surface area contributed by atoms with Crippen molar-refractivity contribution in [3.8, 4) is 0 Å². The third-order valence-electron chi connectivity index (χ3n) is 4.18. The van der Waals surface area contributed by atoms with Crippen LogP contribution in [0.3, 0.4) is 0 Å². The minimum atomic E-state index is 0.227. The van der Waals surface area contributed by atoms with Crippen LogP contribution in [0.1, 0.15) is 30.9 Å². The van der Waals surface area contributed by atoms with Gasteiger partial charge >= 0.3 is 0 Å². The molecule has 112 valence electrons. The summed E-state index contributed by atoms with van der Waals surface area (Å²) in [7, 11) is 1.80. The summed E-state index contributed by atoms with van der Waals surface area (Å²) in [5.74, 6) is 0.730. The molecular weight excluding hydrogens is 248 g/mol. The predicted molar refractivity (Wildman–Crippen MR) is 85.3 cm³/mol. The van der Waals surface area contributed by atoms with Crippen molar-refractivity contribution in [3.05, 3.63) is 29.3 Å². The van der Waals surface area contributed by atoms with E-state index in [0.29, 0.717) is 0 Å². The van der Waals surface area contributed by atoms with Crippen molar-refractivity contribution in [2.45, 2.75) is 39.2 Å². The summed E-state index contributed by atoms with van der Waals surface area (Å²) in [6.45, 7) is 7.45. The molecule has 0 radical (unpaired) electrons. The summed E-state index contributed by atoms with van der Waals surface area (Å²) in [4.78, 5) is 2.51. The molecule has 1 aromatic carbocycles. The molecule has 1 aliphatic rings. The summed E-state index contributed by atoms with van der Waals surface area (Å²) in [5.41, 5.74) is 9.97. The van der Waals surface area contributed by atoms with E-state index in [-0.39, 0.29) is 6.04 Å². The molecule has 1 saturated heterocycles. The molecule has 1 unspecified atom stereocenters. The highest BCUT2D eigenvalue weighted by Crippen LogP contribution is 2.27. The topological polar surface area (TPSA) is 38.5 Å². The lowest BCUT2D eigenvalue weighted by Gasteiger charge is -2.34. The third-order valence-corrected chi connectivity index (χ3v) is 4.18. The molecule has 2 N–H and O–H groups in total. The number of aryl methyl sites for hydroxylation is 1. The molecule has 3 heteroatoms. The van der Waals surface area contributed by atoms with Crippen molar-refractivity contribution < 1.29 is 4.74 Å². The Morgan fingerprint density at radius 2 is 2.05 bits per heavy atom. The van der Waals surface area contributed by atoms with Crippen LogP contribution in [-0.2, 0) is 11.2 Å². The quantitative estimate of drug-likeness (QED) is 0.898. The fourth-order valence-electron chi connectivity index (χ4n) is 3.15. The van der Waals surface area contributed by atoms with Crippen LogP contribution in [0.15, 0.2) is 18.2 Å². The summed E-state index contributed by atoms with van der Waals surface area (Å²) < 4.78 is 5.27. The van der Waals surface area contributed by atoms with Gasteiger partial charge < -0.3 is 15.4 Å². The Morgan fingerprint density at radius 1 is 1.35 bits per heavy atom. The van der Waals surface area contributed by atoms with Gasteiger partial charge in [-0.2, -0.15) is 0 Å². The number of piperidine rings is 1. The van der Waals surface area contributed by atoms with Gasteiger partial charge in [0.15, 0.2) is 0 Å². The van der Waals surface area contributed by atoms with Gasteiger partial charge in [0.05, 0.1) is 0 Å². The second-order valence-corrected chi connectivity index (χ2v) is 6.19. The molecule has 20 heavy (non-hydrogen) atoms. The number of ether oxygens (including phenoxy) is 1. The van der Waals surface area contributed by atoms with Crippen LogP contribution in [0.5, 0.6) is 0 Å².